The van der Waals surface area contributed by atoms with Crippen molar-refractivity contribution >= 4 is 17.8 Å². The number of carbonyl (C=O) groups is 1. The molecule has 0 atom stereocenters. The molecule has 2 N–H and O–H groups in total. The molecule has 0 radical (unpaired) electrons. The largest absolute Gasteiger partial charge is 0.359 e. The van der Waals surface area contributed by atoms with Crippen molar-refractivity contribution in [1.82, 2.24) is 30.7 Å². The summed E-state index contributed by atoms with van der Waals surface area (Å²) in [4.78, 5) is 29.3. The Balaban J connectivity index is 1.36. The Kier molecular flexibility index (Phi) is 8.82. The zero-order valence-corrected chi connectivity index (χ0v) is 19.3. The van der Waals surface area contributed by atoms with Crippen LogP contribution in [-0.4, -0.2) is 71.7 Å². The number of piperazine rings is 1. The molecule has 0 bridgehead atoms. The second kappa shape index (κ2) is 12.0. The maximum atomic E-state index is 12.6. The molecule has 1 aliphatic heterocycles. The number of anilines is 1. The van der Waals surface area contributed by atoms with E-state index in [1.807, 2.05) is 11.0 Å². The van der Waals surface area contributed by atoms with Crippen molar-refractivity contribution in [3.63, 3.8) is 0 Å². The number of guanidine groups is 1. The second-order valence-electron chi connectivity index (χ2n) is 7.75. The molecule has 1 saturated heterocycles. The summed E-state index contributed by atoms with van der Waals surface area (Å²) in [6.07, 6.45) is 5.97. The van der Waals surface area contributed by atoms with E-state index in [0.717, 1.165) is 43.3 Å². The molecule has 0 aromatic carbocycles. The molecule has 10 heteroatoms. The van der Waals surface area contributed by atoms with Gasteiger partial charge >= 0.3 is 0 Å². The molecule has 0 saturated carbocycles. The Hall–Kier alpha value is -3.17. The Labute approximate surface area is 189 Å². The van der Waals surface area contributed by atoms with Gasteiger partial charge in [0.1, 0.15) is 0 Å². The third-order valence-electron chi connectivity index (χ3n) is 5.73. The number of nitrogens with one attached hydrogen (secondary N) is 2. The standard InChI is InChI=1S/C22H34N8O2/c1-4-17(5-2)19-15-18(32-28-19)16-27-21(23-3)24-10-7-20(31)29-11-13-30(14-12-29)22-25-8-6-9-26-22/h6,8-9,15,17H,4-5,7,10-14,16H2,1-3H3,(H2,23,24,27). The maximum Gasteiger partial charge on any atom is 0.225 e. The van der Waals surface area contributed by atoms with Crippen molar-refractivity contribution in [2.45, 2.75) is 45.6 Å². The number of rotatable bonds is 9. The average Bonchev–Trinajstić information content (AvgIpc) is 3.31. The Morgan fingerprint density at radius 3 is 2.53 bits per heavy atom. The van der Waals surface area contributed by atoms with Gasteiger partial charge in [-0.25, -0.2) is 9.97 Å². The van der Waals surface area contributed by atoms with Crippen LogP contribution in [0.25, 0.3) is 0 Å². The summed E-state index contributed by atoms with van der Waals surface area (Å²) in [5.74, 6) is 2.68. The SMILES string of the molecule is CCC(CC)c1cc(CNC(=NC)NCCC(=O)N2CCN(c3ncccn3)CC2)on1. The van der Waals surface area contributed by atoms with E-state index in [-0.39, 0.29) is 5.91 Å². The molecule has 3 rings (SSSR count). The predicted molar refractivity (Wildman–Crippen MR) is 123 cm³/mol. The molecule has 174 valence electrons. The first-order valence-corrected chi connectivity index (χ1v) is 11.3. The first-order valence-electron chi connectivity index (χ1n) is 11.3. The molecular weight excluding hydrogens is 408 g/mol. The Morgan fingerprint density at radius 2 is 1.88 bits per heavy atom. The van der Waals surface area contributed by atoms with Gasteiger partial charge in [0.2, 0.25) is 11.9 Å². The smallest absolute Gasteiger partial charge is 0.225 e. The van der Waals surface area contributed by atoms with Crippen LogP contribution in [0.15, 0.2) is 34.0 Å². The molecule has 0 unspecified atom stereocenters. The number of aliphatic imine (C=N–C) groups is 1. The molecule has 32 heavy (non-hydrogen) atoms. The summed E-state index contributed by atoms with van der Waals surface area (Å²) >= 11 is 0. The lowest BCUT2D eigenvalue weighted by Crippen LogP contribution is -2.50. The summed E-state index contributed by atoms with van der Waals surface area (Å²) in [6, 6.07) is 3.80. The van der Waals surface area contributed by atoms with Crippen molar-refractivity contribution in [2.75, 3.05) is 44.7 Å². The van der Waals surface area contributed by atoms with Crippen LogP contribution in [0, 0.1) is 0 Å². The van der Waals surface area contributed by atoms with Gasteiger partial charge in [-0.3, -0.25) is 9.79 Å². The highest BCUT2D eigenvalue weighted by Gasteiger charge is 2.22. The minimum absolute atomic E-state index is 0.131. The van der Waals surface area contributed by atoms with Crippen molar-refractivity contribution < 1.29 is 9.32 Å². The molecule has 1 fully saturated rings. The zero-order chi connectivity index (χ0) is 22.8. The second-order valence-corrected chi connectivity index (χ2v) is 7.75. The Morgan fingerprint density at radius 1 is 1.16 bits per heavy atom. The van der Waals surface area contributed by atoms with Crippen molar-refractivity contribution in [3.05, 3.63) is 36.0 Å². The minimum Gasteiger partial charge on any atom is -0.359 e. The highest BCUT2D eigenvalue weighted by molar-refractivity contribution is 5.81. The number of amides is 1. The van der Waals surface area contributed by atoms with Gasteiger partial charge in [-0.2, -0.15) is 0 Å². The predicted octanol–water partition coefficient (Wildman–Crippen LogP) is 1.77. The van der Waals surface area contributed by atoms with Crippen LogP contribution in [0.2, 0.25) is 0 Å². The van der Waals surface area contributed by atoms with Gasteiger partial charge in [0.15, 0.2) is 11.7 Å². The van der Waals surface area contributed by atoms with Crippen molar-refractivity contribution in [1.29, 1.82) is 0 Å². The number of nitrogens with zero attached hydrogens (tertiary/aromatic N) is 6. The van der Waals surface area contributed by atoms with E-state index in [2.05, 4.69) is 49.5 Å². The summed E-state index contributed by atoms with van der Waals surface area (Å²) in [7, 11) is 1.71. The monoisotopic (exact) mass is 442 g/mol. The first kappa shape index (κ1) is 23.5. The van der Waals surface area contributed by atoms with Gasteiger partial charge in [0.05, 0.1) is 12.2 Å². The molecule has 3 heterocycles. The van der Waals surface area contributed by atoms with Crippen LogP contribution in [-0.2, 0) is 11.3 Å². The molecule has 0 spiro atoms. The van der Waals surface area contributed by atoms with Gasteiger partial charge in [-0.1, -0.05) is 19.0 Å². The molecule has 2 aromatic rings. The van der Waals surface area contributed by atoms with Crippen molar-refractivity contribution in [3.8, 4) is 0 Å². The van der Waals surface area contributed by atoms with Crippen LogP contribution in [0.5, 0.6) is 0 Å². The van der Waals surface area contributed by atoms with Crippen LogP contribution in [0.4, 0.5) is 5.95 Å². The third-order valence-corrected chi connectivity index (χ3v) is 5.73. The average molecular weight is 443 g/mol. The fourth-order valence-corrected chi connectivity index (χ4v) is 3.76. The minimum atomic E-state index is 0.131. The fourth-order valence-electron chi connectivity index (χ4n) is 3.76. The van der Waals surface area contributed by atoms with E-state index >= 15 is 0 Å². The third kappa shape index (κ3) is 6.41. The molecule has 0 aliphatic carbocycles. The van der Waals surface area contributed by atoms with Crippen LogP contribution in [0.1, 0.15) is 50.5 Å². The molecule has 1 amide bonds. The van der Waals surface area contributed by atoms with Crippen LogP contribution >= 0.6 is 0 Å². The lowest BCUT2D eigenvalue weighted by molar-refractivity contribution is -0.131. The summed E-state index contributed by atoms with van der Waals surface area (Å²) in [5, 5.41) is 10.6. The molecule has 10 nitrogen and oxygen atoms in total. The van der Waals surface area contributed by atoms with E-state index in [0.29, 0.717) is 44.5 Å². The number of carbonyl (C=O) groups excluding carboxylic acids is 1. The maximum absolute atomic E-state index is 12.6. The zero-order valence-electron chi connectivity index (χ0n) is 19.3. The summed E-state index contributed by atoms with van der Waals surface area (Å²) < 4.78 is 5.44. The topological polar surface area (TPSA) is 112 Å². The highest BCUT2D eigenvalue weighted by Crippen LogP contribution is 2.22. The van der Waals surface area contributed by atoms with E-state index in [1.165, 1.54) is 0 Å². The van der Waals surface area contributed by atoms with E-state index in [4.69, 9.17) is 4.52 Å². The number of aromatic nitrogens is 3. The van der Waals surface area contributed by atoms with E-state index in [1.54, 1.807) is 25.5 Å². The van der Waals surface area contributed by atoms with Crippen LogP contribution in [0.3, 0.4) is 0 Å². The fraction of sp³-hybridized carbons (Fsp3) is 0.591. The van der Waals surface area contributed by atoms with Crippen molar-refractivity contribution in [2.24, 2.45) is 4.99 Å². The highest BCUT2D eigenvalue weighted by atomic mass is 16.5. The molecular formula is C22H34N8O2. The van der Waals surface area contributed by atoms with Crippen LogP contribution < -0.4 is 15.5 Å². The summed E-state index contributed by atoms with van der Waals surface area (Å²) in [5.41, 5.74) is 0.999. The first-order chi connectivity index (χ1) is 15.6. The van der Waals surface area contributed by atoms with Gasteiger partial charge in [0, 0.05) is 70.6 Å². The lowest BCUT2D eigenvalue weighted by Gasteiger charge is -2.34. The van der Waals surface area contributed by atoms with Gasteiger partial charge in [-0.05, 0) is 18.9 Å². The number of hydrogen-bond acceptors (Lipinski definition) is 7. The summed E-state index contributed by atoms with van der Waals surface area (Å²) in [6.45, 7) is 8.14. The van der Waals surface area contributed by atoms with E-state index in [9.17, 15) is 4.79 Å². The van der Waals surface area contributed by atoms with Gasteiger partial charge < -0.3 is 25.0 Å². The lowest BCUT2D eigenvalue weighted by atomic mass is 9.99. The molecule has 2 aromatic heterocycles. The quantitative estimate of drug-likeness (QED) is 0.446. The van der Waals surface area contributed by atoms with Gasteiger partial charge in [-0.15, -0.1) is 0 Å². The normalized spacial score (nSPS) is 14.7. The number of hydrogen-bond donors (Lipinski definition) is 2. The molecule has 1 aliphatic rings. The van der Waals surface area contributed by atoms with Gasteiger partial charge in [0.25, 0.3) is 0 Å². The Bertz CT molecular complexity index is 858. The van der Waals surface area contributed by atoms with E-state index < -0.39 is 0 Å².